The zero-order chi connectivity index (χ0) is 15.0. The van der Waals surface area contributed by atoms with Gasteiger partial charge in [-0.3, -0.25) is 4.31 Å². The van der Waals surface area contributed by atoms with Gasteiger partial charge in [0, 0.05) is 0 Å². The molecule has 1 atom stereocenters. The van der Waals surface area contributed by atoms with Gasteiger partial charge in [0.25, 0.3) is 10.0 Å². The molecule has 2 aromatic carbocycles. The van der Waals surface area contributed by atoms with Crippen molar-refractivity contribution in [2.75, 3.05) is 4.31 Å². The summed E-state index contributed by atoms with van der Waals surface area (Å²) in [5.74, 6) is 0. The molecule has 0 aromatic heterocycles. The summed E-state index contributed by atoms with van der Waals surface area (Å²) in [6, 6.07) is 14.3. The van der Waals surface area contributed by atoms with Crippen LogP contribution in [0.4, 0.5) is 5.69 Å². The summed E-state index contributed by atoms with van der Waals surface area (Å²) in [6.07, 6.45) is 2.37. The van der Waals surface area contributed by atoms with Crippen molar-refractivity contribution in [3.8, 4) is 0 Å². The molecule has 0 radical (unpaired) electrons. The van der Waals surface area contributed by atoms with Crippen LogP contribution in [0.1, 0.15) is 11.1 Å². The van der Waals surface area contributed by atoms with Gasteiger partial charge in [-0.1, -0.05) is 42.0 Å². The lowest BCUT2D eigenvalue weighted by atomic mass is 10.1. The van der Waals surface area contributed by atoms with Gasteiger partial charge in [0.15, 0.2) is 0 Å². The molecule has 0 N–H and O–H groups in total. The molecule has 0 saturated heterocycles. The number of anilines is 1. The van der Waals surface area contributed by atoms with E-state index >= 15 is 0 Å². The molecule has 3 nitrogen and oxygen atoms in total. The maximum Gasteiger partial charge on any atom is 0.264 e. The second-order valence-corrected chi connectivity index (χ2v) is 7.06. The average Bonchev–Trinajstić information content (AvgIpc) is 2.87. The Morgan fingerprint density at radius 3 is 2.48 bits per heavy atom. The molecule has 21 heavy (non-hydrogen) atoms. The van der Waals surface area contributed by atoms with Gasteiger partial charge < -0.3 is 0 Å². The van der Waals surface area contributed by atoms with Gasteiger partial charge in [-0.15, -0.1) is 6.58 Å². The number of hydrogen-bond donors (Lipinski definition) is 0. The highest BCUT2D eigenvalue weighted by atomic mass is 32.2. The summed E-state index contributed by atoms with van der Waals surface area (Å²) < 4.78 is 27.4. The molecule has 3 rings (SSSR count). The van der Waals surface area contributed by atoms with E-state index in [1.54, 1.807) is 18.2 Å². The first-order valence-corrected chi connectivity index (χ1v) is 8.29. The van der Waals surface area contributed by atoms with E-state index in [0.717, 1.165) is 16.8 Å². The number of para-hydroxylation sites is 1. The van der Waals surface area contributed by atoms with Crippen molar-refractivity contribution < 1.29 is 8.42 Å². The third kappa shape index (κ3) is 2.25. The van der Waals surface area contributed by atoms with Crippen LogP contribution in [-0.2, 0) is 16.4 Å². The predicted octanol–water partition coefficient (Wildman–Crippen LogP) is 3.30. The van der Waals surface area contributed by atoms with Crippen molar-refractivity contribution in [1.82, 2.24) is 0 Å². The van der Waals surface area contributed by atoms with Gasteiger partial charge in [-0.2, -0.15) is 0 Å². The van der Waals surface area contributed by atoms with Gasteiger partial charge in [0.2, 0.25) is 0 Å². The summed E-state index contributed by atoms with van der Waals surface area (Å²) >= 11 is 0. The lowest BCUT2D eigenvalue weighted by molar-refractivity contribution is 0.588. The van der Waals surface area contributed by atoms with Crippen LogP contribution in [0.2, 0.25) is 0 Å². The minimum atomic E-state index is -3.57. The number of hydrogen-bond acceptors (Lipinski definition) is 2. The highest BCUT2D eigenvalue weighted by molar-refractivity contribution is 7.92. The SMILES string of the molecule is C=C[C@@H]1Cc2ccccc2N1S(=O)(=O)c1ccc(C)cc1. The molecule has 1 heterocycles. The zero-order valence-corrected chi connectivity index (χ0v) is 12.7. The first-order valence-electron chi connectivity index (χ1n) is 6.85. The third-order valence-corrected chi connectivity index (χ3v) is 5.66. The molecule has 2 aromatic rings. The fourth-order valence-corrected chi connectivity index (χ4v) is 4.36. The first-order chi connectivity index (χ1) is 10.0. The number of nitrogens with zero attached hydrogens (tertiary/aromatic N) is 1. The van der Waals surface area contributed by atoms with Crippen LogP contribution in [0.15, 0.2) is 66.1 Å². The van der Waals surface area contributed by atoms with E-state index < -0.39 is 10.0 Å². The fraction of sp³-hybridized carbons (Fsp3) is 0.176. The quantitative estimate of drug-likeness (QED) is 0.816. The van der Waals surface area contributed by atoms with E-state index in [1.807, 2.05) is 43.3 Å². The normalized spacial score (nSPS) is 17.6. The van der Waals surface area contributed by atoms with Crippen molar-refractivity contribution in [3.05, 3.63) is 72.3 Å². The number of benzene rings is 2. The zero-order valence-electron chi connectivity index (χ0n) is 11.9. The molecule has 0 unspecified atom stereocenters. The second-order valence-electron chi connectivity index (χ2n) is 5.25. The lowest BCUT2D eigenvalue weighted by Gasteiger charge is -2.25. The molecule has 0 spiro atoms. The largest absolute Gasteiger partial charge is 0.264 e. The smallest absolute Gasteiger partial charge is 0.259 e. The molecule has 1 aliphatic rings. The van der Waals surface area contributed by atoms with E-state index in [2.05, 4.69) is 6.58 Å². The molecular weight excluding hydrogens is 282 g/mol. The minimum Gasteiger partial charge on any atom is -0.259 e. The van der Waals surface area contributed by atoms with Crippen LogP contribution in [0, 0.1) is 6.92 Å². The summed E-state index contributed by atoms with van der Waals surface area (Å²) in [6.45, 7) is 5.73. The Balaban J connectivity index is 2.13. The third-order valence-electron chi connectivity index (χ3n) is 3.81. The summed E-state index contributed by atoms with van der Waals surface area (Å²) in [4.78, 5) is 0.316. The van der Waals surface area contributed by atoms with Gasteiger partial charge in [-0.05, 0) is 37.1 Å². The monoisotopic (exact) mass is 299 g/mol. The van der Waals surface area contributed by atoms with E-state index in [-0.39, 0.29) is 6.04 Å². The second kappa shape index (κ2) is 5.04. The van der Waals surface area contributed by atoms with Crippen LogP contribution >= 0.6 is 0 Å². The average molecular weight is 299 g/mol. The maximum atomic E-state index is 13.0. The number of fused-ring (bicyclic) bond motifs is 1. The van der Waals surface area contributed by atoms with Gasteiger partial charge in [0.1, 0.15) is 0 Å². The van der Waals surface area contributed by atoms with Crippen molar-refractivity contribution in [3.63, 3.8) is 0 Å². The molecule has 0 aliphatic carbocycles. The molecule has 1 aliphatic heterocycles. The fourth-order valence-electron chi connectivity index (χ4n) is 2.70. The summed E-state index contributed by atoms with van der Waals surface area (Å²) in [7, 11) is -3.57. The number of sulfonamides is 1. The number of aryl methyl sites for hydroxylation is 1. The van der Waals surface area contributed by atoms with E-state index in [9.17, 15) is 8.42 Å². The topological polar surface area (TPSA) is 37.4 Å². The highest BCUT2D eigenvalue weighted by Crippen LogP contribution is 2.36. The Bertz CT molecular complexity index is 779. The maximum absolute atomic E-state index is 13.0. The Kier molecular flexibility index (Phi) is 3.33. The van der Waals surface area contributed by atoms with Crippen molar-refractivity contribution >= 4 is 15.7 Å². The van der Waals surface area contributed by atoms with Crippen LogP contribution < -0.4 is 4.31 Å². The Labute approximate surface area is 125 Å². The molecule has 0 fully saturated rings. The minimum absolute atomic E-state index is 0.228. The molecular formula is C17H17NO2S. The Morgan fingerprint density at radius 1 is 1.14 bits per heavy atom. The summed E-state index contributed by atoms with van der Waals surface area (Å²) in [5.41, 5.74) is 2.83. The van der Waals surface area contributed by atoms with Crippen molar-refractivity contribution in [2.45, 2.75) is 24.3 Å². The van der Waals surface area contributed by atoms with E-state index in [4.69, 9.17) is 0 Å². The van der Waals surface area contributed by atoms with Crippen LogP contribution in [0.3, 0.4) is 0 Å². The van der Waals surface area contributed by atoms with Crippen molar-refractivity contribution in [2.24, 2.45) is 0 Å². The van der Waals surface area contributed by atoms with Crippen molar-refractivity contribution in [1.29, 1.82) is 0 Å². The first kappa shape index (κ1) is 13.9. The molecule has 0 amide bonds. The van der Waals surface area contributed by atoms with E-state index in [1.165, 1.54) is 4.31 Å². The van der Waals surface area contributed by atoms with Gasteiger partial charge in [0.05, 0.1) is 16.6 Å². The van der Waals surface area contributed by atoms with Crippen LogP contribution in [-0.4, -0.2) is 14.5 Å². The van der Waals surface area contributed by atoms with E-state index in [0.29, 0.717) is 11.3 Å². The predicted molar refractivity (Wildman–Crippen MR) is 85.0 cm³/mol. The molecule has 108 valence electrons. The van der Waals surface area contributed by atoms with Crippen LogP contribution in [0.25, 0.3) is 0 Å². The molecule has 0 saturated carbocycles. The number of rotatable bonds is 3. The van der Waals surface area contributed by atoms with Gasteiger partial charge >= 0.3 is 0 Å². The molecule has 0 bridgehead atoms. The lowest BCUT2D eigenvalue weighted by Crippen LogP contribution is -2.36. The summed E-state index contributed by atoms with van der Waals surface area (Å²) in [5, 5.41) is 0. The Hall–Kier alpha value is -2.07. The van der Waals surface area contributed by atoms with Gasteiger partial charge in [-0.25, -0.2) is 8.42 Å². The highest BCUT2D eigenvalue weighted by Gasteiger charge is 2.36. The standard InChI is InChI=1S/C17H17NO2S/c1-3-15-12-14-6-4-5-7-17(14)18(15)21(19,20)16-10-8-13(2)9-11-16/h3-11,15H,1,12H2,2H3/t15-/m1/s1. The Morgan fingerprint density at radius 2 is 1.81 bits per heavy atom. The molecule has 4 heteroatoms. The van der Waals surface area contributed by atoms with Crippen LogP contribution in [0.5, 0.6) is 0 Å².